The van der Waals surface area contributed by atoms with Crippen LogP contribution in [0.5, 0.6) is 0 Å². The smallest absolute Gasteiger partial charge is 0.275 e. The van der Waals surface area contributed by atoms with E-state index in [1.54, 1.807) is 9.58 Å². The number of H-pyrrole nitrogens is 1. The van der Waals surface area contributed by atoms with Crippen LogP contribution >= 0.6 is 0 Å². The molecule has 2 aromatic heterocycles. The lowest BCUT2D eigenvalue weighted by Crippen LogP contribution is -2.41. The highest BCUT2D eigenvalue weighted by molar-refractivity contribution is 7.90. The molecule has 9 nitrogen and oxygen atoms in total. The molecule has 1 N–H and O–H groups in total. The Morgan fingerprint density at radius 3 is 2.76 bits per heavy atom. The van der Waals surface area contributed by atoms with Crippen LogP contribution < -0.4 is 0 Å². The van der Waals surface area contributed by atoms with Crippen LogP contribution in [-0.2, 0) is 21.7 Å². The summed E-state index contributed by atoms with van der Waals surface area (Å²) in [5.74, 6) is 1.41. The second-order valence-electron chi connectivity index (χ2n) is 8.27. The number of amides is 1. The lowest BCUT2D eigenvalue weighted by atomic mass is 10.0. The van der Waals surface area contributed by atoms with E-state index in [4.69, 9.17) is 9.84 Å². The van der Waals surface area contributed by atoms with Crippen molar-refractivity contribution in [3.05, 3.63) is 65.6 Å². The summed E-state index contributed by atoms with van der Waals surface area (Å²) in [6, 6.07) is 15.4. The van der Waals surface area contributed by atoms with Crippen molar-refractivity contribution in [1.82, 2.24) is 29.9 Å². The number of aromatic amines is 1. The molecule has 172 valence electrons. The number of nitrogens with zero attached hydrogens (tertiary/aromatic N) is 5. The third kappa shape index (κ3) is 3.51. The monoisotopic (exact) mass is 474 g/mol. The van der Waals surface area contributed by atoms with Gasteiger partial charge in [-0.25, -0.2) is 9.67 Å². The molecule has 0 saturated carbocycles. The molecule has 0 aliphatic carbocycles. The summed E-state index contributed by atoms with van der Waals surface area (Å²) in [5, 5.41) is 12.0. The Morgan fingerprint density at radius 2 is 1.97 bits per heavy atom. The number of ether oxygens (including phenoxy) is 1. The van der Waals surface area contributed by atoms with Gasteiger partial charge in [-0.15, -0.1) is 0 Å². The molecule has 34 heavy (non-hydrogen) atoms. The highest BCUT2D eigenvalue weighted by Crippen LogP contribution is 2.41. The molecule has 0 spiro atoms. The van der Waals surface area contributed by atoms with E-state index in [0.29, 0.717) is 43.4 Å². The van der Waals surface area contributed by atoms with Crippen LogP contribution in [0.3, 0.4) is 0 Å². The van der Waals surface area contributed by atoms with E-state index in [-0.39, 0.29) is 11.7 Å². The fourth-order valence-electron chi connectivity index (χ4n) is 4.46. The summed E-state index contributed by atoms with van der Waals surface area (Å²) in [6.45, 7) is 3.88. The molecule has 6 rings (SSSR count). The molecular weight excluding hydrogens is 452 g/mol. The Labute approximate surface area is 198 Å². The Hall–Kier alpha value is -3.47. The van der Waals surface area contributed by atoms with Crippen LogP contribution in [0, 0.1) is 6.92 Å². The van der Waals surface area contributed by atoms with E-state index in [0.717, 1.165) is 33.2 Å². The molecule has 0 bridgehead atoms. The highest BCUT2D eigenvalue weighted by Gasteiger charge is 2.37. The summed E-state index contributed by atoms with van der Waals surface area (Å²) < 4.78 is 20.3. The lowest BCUT2D eigenvalue weighted by Gasteiger charge is -2.26. The molecule has 1 saturated heterocycles. The second kappa shape index (κ2) is 8.39. The van der Waals surface area contributed by atoms with E-state index in [1.165, 1.54) is 0 Å². The SMILES string of the molecule is Cc1nc(-c2cccc(-n3nc(C(=O)N4CCOCC4)c4c3-c3ccccc3[S+]([O-])C4)c2)n[nH]1. The van der Waals surface area contributed by atoms with Crippen molar-refractivity contribution in [2.24, 2.45) is 0 Å². The van der Waals surface area contributed by atoms with Crippen LogP contribution in [0.25, 0.3) is 28.3 Å². The third-order valence-electron chi connectivity index (χ3n) is 6.09. The minimum atomic E-state index is -1.26. The Balaban J connectivity index is 1.53. The van der Waals surface area contributed by atoms with Crippen molar-refractivity contribution in [3.63, 3.8) is 0 Å². The molecule has 1 fully saturated rings. The molecule has 10 heteroatoms. The summed E-state index contributed by atoms with van der Waals surface area (Å²) >= 11 is -1.26. The molecule has 0 radical (unpaired) electrons. The van der Waals surface area contributed by atoms with Gasteiger partial charge in [-0.2, -0.15) is 10.2 Å². The van der Waals surface area contributed by atoms with E-state index in [2.05, 4.69) is 15.2 Å². The van der Waals surface area contributed by atoms with Gasteiger partial charge in [-0.1, -0.05) is 24.3 Å². The average Bonchev–Trinajstić information content (AvgIpc) is 3.48. The van der Waals surface area contributed by atoms with Gasteiger partial charge in [0.15, 0.2) is 16.4 Å². The summed E-state index contributed by atoms with van der Waals surface area (Å²) in [6.07, 6.45) is 0. The molecule has 1 unspecified atom stereocenters. The zero-order valence-electron chi connectivity index (χ0n) is 18.5. The molecule has 1 atom stereocenters. The Morgan fingerprint density at radius 1 is 1.15 bits per heavy atom. The van der Waals surface area contributed by atoms with Gasteiger partial charge in [0.25, 0.3) is 5.91 Å². The standard InChI is InChI=1S/C24H22N6O3S/c1-15-25-23(27-26-15)16-5-4-6-17(13-16)30-22-18-7-2-3-8-20(18)34(32)14-19(22)21(28-30)24(31)29-9-11-33-12-10-29/h2-8,13H,9-12,14H2,1H3,(H,25,26,27). The summed E-state index contributed by atoms with van der Waals surface area (Å²) in [5.41, 5.74) is 4.30. The zero-order valence-corrected chi connectivity index (χ0v) is 19.3. The first kappa shape index (κ1) is 21.1. The van der Waals surface area contributed by atoms with Gasteiger partial charge in [0, 0.05) is 18.7 Å². The molecule has 4 aromatic rings. The molecule has 2 aromatic carbocycles. The Bertz CT molecular complexity index is 1390. The molecule has 1 amide bonds. The number of morpholine rings is 1. The number of rotatable bonds is 3. The number of hydrogen-bond acceptors (Lipinski definition) is 6. The Kier molecular flexibility index (Phi) is 5.20. The average molecular weight is 475 g/mol. The van der Waals surface area contributed by atoms with Gasteiger partial charge in [-0.3, -0.25) is 9.89 Å². The van der Waals surface area contributed by atoms with Crippen molar-refractivity contribution in [3.8, 4) is 28.3 Å². The van der Waals surface area contributed by atoms with E-state index >= 15 is 0 Å². The van der Waals surface area contributed by atoms with Gasteiger partial charge in [-0.05, 0) is 42.4 Å². The van der Waals surface area contributed by atoms with Crippen molar-refractivity contribution >= 4 is 17.1 Å². The first-order valence-electron chi connectivity index (χ1n) is 11.1. The molecule has 2 aliphatic heterocycles. The maximum atomic E-state index is 13.5. The second-order valence-corrected chi connectivity index (χ2v) is 9.69. The first-order valence-corrected chi connectivity index (χ1v) is 12.4. The van der Waals surface area contributed by atoms with Gasteiger partial charge in [0.1, 0.15) is 11.6 Å². The first-order chi connectivity index (χ1) is 16.6. The number of carbonyl (C=O) groups is 1. The van der Waals surface area contributed by atoms with Gasteiger partial charge in [0.05, 0.1) is 35.7 Å². The summed E-state index contributed by atoms with van der Waals surface area (Å²) in [4.78, 5) is 20.4. The molecule has 4 heterocycles. The minimum absolute atomic E-state index is 0.157. The van der Waals surface area contributed by atoms with Crippen LogP contribution in [0.15, 0.2) is 53.4 Å². The van der Waals surface area contributed by atoms with Gasteiger partial charge in [0.2, 0.25) is 0 Å². The summed E-state index contributed by atoms with van der Waals surface area (Å²) in [7, 11) is 0. The van der Waals surface area contributed by atoms with Gasteiger partial charge >= 0.3 is 0 Å². The number of hydrogen-bond donors (Lipinski definition) is 1. The van der Waals surface area contributed by atoms with E-state index < -0.39 is 11.2 Å². The van der Waals surface area contributed by atoms with Crippen LogP contribution in [-0.4, -0.2) is 66.6 Å². The molecular formula is C24H22N6O3S. The van der Waals surface area contributed by atoms with Crippen LogP contribution in [0.2, 0.25) is 0 Å². The topological polar surface area (TPSA) is 112 Å². The number of aromatic nitrogens is 5. The maximum Gasteiger partial charge on any atom is 0.275 e. The third-order valence-corrected chi connectivity index (χ3v) is 7.49. The number of aryl methyl sites for hydroxylation is 1. The lowest BCUT2D eigenvalue weighted by molar-refractivity contribution is 0.0298. The van der Waals surface area contributed by atoms with Crippen LogP contribution in [0.4, 0.5) is 0 Å². The van der Waals surface area contributed by atoms with Crippen molar-refractivity contribution < 1.29 is 14.1 Å². The van der Waals surface area contributed by atoms with E-state index in [9.17, 15) is 9.35 Å². The van der Waals surface area contributed by atoms with Crippen molar-refractivity contribution in [1.29, 1.82) is 0 Å². The number of carbonyl (C=O) groups excluding carboxylic acids is 1. The fourth-order valence-corrected chi connectivity index (χ4v) is 5.79. The van der Waals surface area contributed by atoms with Crippen LogP contribution in [0.1, 0.15) is 21.9 Å². The molecule has 2 aliphatic rings. The predicted octanol–water partition coefficient (Wildman–Crippen LogP) is 2.73. The number of fused-ring (bicyclic) bond motifs is 3. The van der Waals surface area contributed by atoms with Crippen molar-refractivity contribution in [2.75, 3.05) is 26.3 Å². The minimum Gasteiger partial charge on any atom is -0.611 e. The quantitative estimate of drug-likeness (QED) is 0.457. The zero-order chi connectivity index (χ0) is 23.2. The van der Waals surface area contributed by atoms with Gasteiger partial charge < -0.3 is 14.2 Å². The number of benzene rings is 2. The van der Waals surface area contributed by atoms with E-state index in [1.807, 2.05) is 55.5 Å². The van der Waals surface area contributed by atoms with Crippen molar-refractivity contribution in [2.45, 2.75) is 17.6 Å². The number of nitrogens with one attached hydrogen (secondary N) is 1. The maximum absolute atomic E-state index is 13.5. The largest absolute Gasteiger partial charge is 0.611 e. The normalized spacial score (nSPS) is 17.4. The highest BCUT2D eigenvalue weighted by atomic mass is 32.2. The fraction of sp³-hybridized carbons (Fsp3) is 0.250. The predicted molar refractivity (Wildman–Crippen MR) is 126 cm³/mol.